The summed E-state index contributed by atoms with van der Waals surface area (Å²) in [5, 5.41) is 14.2. The molecular weight excluding hydrogens is 340 g/mol. The molecule has 2 aromatic rings. The first kappa shape index (κ1) is 18.7. The van der Waals surface area contributed by atoms with Crippen LogP contribution in [0.1, 0.15) is 36.6 Å². The van der Waals surface area contributed by atoms with Crippen molar-refractivity contribution in [3.05, 3.63) is 58.7 Å². The van der Waals surface area contributed by atoms with Gasteiger partial charge in [-0.15, -0.1) is 0 Å². The Morgan fingerprint density at radius 2 is 1.65 bits per heavy atom. The summed E-state index contributed by atoms with van der Waals surface area (Å²) in [7, 11) is 1.33. The first-order valence-corrected chi connectivity index (χ1v) is 7.49. The third-order valence-corrected chi connectivity index (χ3v) is 3.55. The van der Waals surface area contributed by atoms with Gasteiger partial charge in [0.2, 0.25) is 0 Å². The number of amides is 2. The normalized spacial score (nSPS) is 9.92. The van der Waals surface area contributed by atoms with Gasteiger partial charge in [0, 0.05) is 12.7 Å². The number of nitrogens with one attached hydrogen (secondary N) is 2. The molecular formula is C18H16N2O6. The highest BCUT2D eigenvalue weighted by Gasteiger charge is 2.23. The summed E-state index contributed by atoms with van der Waals surface area (Å²) in [5.74, 6) is -3.00. The van der Waals surface area contributed by atoms with E-state index in [0.29, 0.717) is 5.69 Å². The largest absolute Gasteiger partial charge is 0.478 e. The Morgan fingerprint density at radius 3 is 2.19 bits per heavy atom. The summed E-state index contributed by atoms with van der Waals surface area (Å²) in [6.07, 6.45) is 0. The van der Waals surface area contributed by atoms with Gasteiger partial charge in [0.15, 0.2) is 0 Å². The summed E-state index contributed by atoms with van der Waals surface area (Å²) in [6.45, 7) is 1.98. The zero-order valence-electron chi connectivity index (χ0n) is 14.0. The molecule has 0 unspecified atom stereocenters. The zero-order valence-corrected chi connectivity index (χ0v) is 14.0. The van der Waals surface area contributed by atoms with Gasteiger partial charge in [0.1, 0.15) is 5.75 Å². The standard InChI is InChI=1S/C18H16N2O6/c1-10-3-5-11(6-4-10)20-17(23)14-7-13(18(24)25)12(16(22)19-2)8-15(14)26-9-21/h3-9H,1-2H3,(H,19,22)(H,20,23)(H,24,25). The summed E-state index contributed by atoms with van der Waals surface area (Å²) in [4.78, 5) is 46.6. The molecule has 8 heteroatoms. The van der Waals surface area contributed by atoms with Gasteiger partial charge < -0.3 is 20.5 Å². The van der Waals surface area contributed by atoms with Crippen molar-refractivity contribution >= 4 is 29.9 Å². The molecule has 26 heavy (non-hydrogen) atoms. The van der Waals surface area contributed by atoms with E-state index in [4.69, 9.17) is 4.74 Å². The maximum absolute atomic E-state index is 12.5. The highest BCUT2D eigenvalue weighted by molar-refractivity contribution is 6.11. The Balaban J connectivity index is 2.50. The second kappa shape index (κ2) is 7.93. The molecule has 0 saturated heterocycles. The first-order valence-electron chi connectivity index (χ1n) is 7.49. The maximum atomic E-state index is 12.5. The molecule has 0 aliphatic rings. The lowest BCUT2D eigenvalue weighted by atomic mass is 10.0. The molecule has 0 spiro atoms. The highest BCUT2D eigenvalue weighted by atomic mass is 16.5. The fraction of sp³-hybridized carbons (Fsp3) is 0.111. The Bertz CT molecular complexity index is 874. The zero-order chi connectivity index (χ0) is 19.3. The first-order chi connectivity index (χ1) is 12.4. The van der Waals surface area contributed by atoms with Crippen LogP contribution in [0.15, 0.2) is 36.4 Å². The maximum Gasteiger partial charge on any atom is 0.336 e. The number of carboxylic acid groups (broad SMARTS) is 1. The number of hydrogen-bond acceptors (Lipinski definition) is 5. The van der Waals surface area contributed by atoms with Crippen molar-refractivity contribution in [2.75, 3.05) is 12.4 Å². The van der Waals surface area contributed by atoms with Crippen LogP contribution in [0.2, 0.25) is 0 Å². The van der Waals surface area contributed by atoms with Gasteiger partial charge in [-0.3, -0.25) is 14.4 Å². The smallest absolute Gasteiger partial charge is 0.336 e. The van der Waals surface area contributed by atoms with Crippen molar-refractivity contribution < 1.29 is 29.0 Å². The van der Waals surface area contributed by atoms with Gasteiger partial charge in [-0.1, -0.05) is 17.7 Å². The monoisotopic (exact) mass is 356 g/mol. The van der Waals surface area contributed by atoms with Crippen LogP contribution in [-0.4, -0.2) is 36.4 Å². The van der Waals surface area contributed by atoms with Crippen molar-refractivity contribution in [3.63, 3.8) is 0 Å². The lowest BCUT2D eigenvalue weighted by molar-refractivity contribution is -0.120. The number of aromatic carboxylic acids is 1. The molecule has 0 aliphatic carbocycles. The number of carboxylic acids is 1. The van der Waals surface area contributed by atoms with Crippen molar-refractivity contribution in [2.24, 2.45) is 0 Å². The van der Waals surface area contributed by atoms with E-state index in [1.54, 1.807) is 24.3 Å². The Hall–Kier alpha value is -3.68. The highest BCUT2D eigenvalue weighted by Crippen LogP contribution is 2.25. The van der Waals surface area contributed by atoms with Crippen LogP contribution in [0, 0.1) is 6.92 Å². The van der Waals surface area contributed by atoms with Crippen LogP contribution < -0.4 is 15.4 Å². The number of ether oxygens (including phenoxy) is 1. The SMILES string of the molecule is CNC(=O)c1cc(OC=O)c(C(=O)Nc2ccc(C)cc2)cc1C(=O)O. The molecule has 134 valence electrons. The molecule has 0 bridgehead atoms. The summed E-state index contributed by atoms with van der Waals surface area (Å²) in [5.41, 5.74) is 0.657. The summed E-state index contributed by atoms with van der Waals surface area (Å²) in [6, 6.07) is 8.95. The van der Waals surface area contributed by atoms with Crippen LogP contribution in [0.3, 0.4) is 0 Å². The van der Waals surface area contributed by atoms with Crippen molar-refractivity contribution in [2.45, 2.75) is 6.92 Å². The van der Waals surface area contributed by atoms with E-state index >= 15 is 0 Å². The molecule has 0 radical (unpaired) electrons. The predicted octanol–water partition coefficient (Wildman–Crippen LogP) is 1.84. The Labute approximate surface area is 148 Å². The molecule has 0 heterocycles. The molecule has 0 atom stereocenters. The van der Waals surface area contributed by atoms with E-state index in [-0.39, 0.29) is 23.3 Å². The van der Waals surface area contributed by atoms with Crippen LogP contribution in [0.4, 0.5) is 5.69 Å². The minimum absolute atomic E-state index is 0.0893. The summed E-state index contributed by atoms with van der Waals surface area (Å²) >= 11 is 0. The van der Waals surface area contributed by atoms with Gasteiger partial charge >= 0.3 is 5.97 Å². The fourth-order valence-corrected chi connectivity index (χ4v) is 2.24. The molecule has 3 N–H and O–H groups in total. The van der Waals surface area contributed by atoms with Crippen molar-refractivity contribution in [1.82, 2.24) is 5.32 Å². The van der Waals surface area contributed by atoms with Gasteiger partial charge in [-0.25, -0.2) is 4.79 Å². The minimum Gasteiger partial charge on any atom is -0.478 e. The van der Waals surface area contributed by atoms with Gasteiger partial charge in [0.25, 0.3) is 18.3 Å². The van der Waals surface area contributed by atoms with Crippen LogP contribution in [0.5, 0.6) is 5.75 Å². The molecule has 0 saturated carbocycles. The molecule has 0 aliphatic heterocycles. The third-order valence-electron chi connectivity index (χ3n) is 3.55. The average molecular weight is 356 g/mol. The molecule has 2 aromatic carbocycles. The quantitative estimate of drug-likeness (QED) is 0.679. The second-order valence-corrected chi connectivity index (χ2v) is 5.31. The van der Waals surface area contributed by atoms with Crippen molar-refractivity contribution in [3.8, 4) is 5.75 Å². The second-order valence-electron chi connectivity index (χ2n) is 5.31. The van der Waals surface area contributed by atoms with Gasteiger partial charge in [0.05, 0.1) is 16.7 Å². The predicted molar refractivity (Wildman–Crippen MR) is 92.6 cm³/mol. The van der Waals surface area contributed by atoms with Crippen molar-refractivity contribution in [1.29, 1.82) is 0 Å². The number of rotatable bonds is 6. The summed E-state index contributed by atoms with van der Waals surface area (Å²) < 4.78 is 4.77. The topological polar surface area (TPSA) is 122 Å². The van der Waals surface area contributed by atoms with E-state index in [1.165, 1.54) is 7.05 Å². The number of anilines is 1. The third kappa shape index (κ3) is 4.04. The number of hydrogen-bond donors (Lipinski definition) is 3. The number of aryl methyl sites for hydroxylation is 1. The van der Waals surface area contributed by atoms with Gasteiger partial charge in [-0.05, 0) is 31.2 Å². The van der Waals surface area contributed by atoms with Crippen LogP contribution >= 0.6 is 0 Å². The molecule has 2 rings (SSSR count). The van der Waals surface area contributed by atoms with E-state index < -0.39 is 23.3 Å². The minimum atomic E-state index is -1.40. The lowest BCUT2D eigenvalue weighted by Crippen LogP contribution is -2.23. The number of benzene rings is 2. The van der Waals surface area contributed by atoms with E-state index in [1.807, 2.05) is 6.92 Å². The Kier molecular flexibility index (Phi) is 5.69. The molecule has 0 aromatic heterocycles. The van der Waals surface area contributed by atoms with Gasteiger partial charge in [-0.2, -0.15) is 0 Å². The van der Waals surface area contributed by atoms with E-state index in [2.05, 4.69) is 10.6 Å². The Morgan fingerprint density at radius 1 is 1.00 bits per heavy atom. The molecule has 0 fully saturated rings. The van der Waals surface area contributed by atoms with E-state index in [9.17, 15) is 24.3 Å². The molecule has 8 nitrogen and oxygen atoms in total. The van der Waals surface area contributed by atoms with Crippen LogP contribution in [-0.2, 0) is 4.79 Å². The average Bonchev–Trinajstić information content (AvgIpc) is 2.62. The van der Waals surface area contributed by atoms with E-state index in [0.717, 1.165) is 17.7 Å². The fourth-order valence-electron chi connectivity index (χ4n) is 2.24. The number of carbonyl (C=O) groups is 4. The number of carbonyl (C=O) groups excluding carboxylic acids is 3. The van der Waals surface area contributed by atoms with Crippen LogP contribution in [0.25, 0.3) is 0 Å². The molecule has 2 amide bonds. The lowest BCUT2D eigenvalue weighted by Gasteiger charge is -2.13.